The number of amides is 2. The molecule has 2 saturated heterocycles. The Morgan fingerprint density at radius 1 is 1.00 bits per heavy atom. The van der Waals surface area contributed by atoms with Crippen molar-refractivity contribution in [1.82, 2.24) is 15.3 Å². The molecule has 3 fully saturated rings. The molecule has 13 heteroatoms. The fraction of sp³-hybridized carbons (Fsp3) is 0.425. The molecule has 2 amide bonds. The minimum absolute atomic E-state index is 0.0468. The molecule has 0 radical (unpaired) electrons. The number of nitrogens with zero attached hydrogens (tertiary/aromatic N) is 2. The van der Waals surface area contributed by atoms with Crippen LogP contribution in [0.15, 0.2) is 66.2 Å². The molecule has 1 saturated carbocycles. The van der Waals surface area contributed by atoms with Gasteiger partial charge < -0.3 is 25.3 Å². The maximum absolute atomic E-state index is 14.0. The molecule has 53 heavy (non-hydrogen) atoms. The van der Waals surface area contributed by atoms with Crippen molar-refractivity contribution in [1.29, 1.82) is 0 Å². The Morgan fingerprint density at radius 2 is 1.72 bits per heavy atom. The van der Waals surface area contributed by atoms with Crippen LogP contribution in [0.2, 0.25) is 0 Å². The van der Waals surface area contributed by atoms with Crippen LogP contribution in [-0.2, 0) is 25.5 Å². The number of hydroxylamine groups is 2. The Bertz CT molecular complexity index is 1920. The second-order valence-corrected chi connectivity index (χ2v) is 14.6. The van der Waals surface area contributed by atoms with Crippen LogP contribution in [0.25, 0.3) is 5.57 Å². The molecule has 7 rings (SSSR count). The van der Waals surface area contributed by atoms with E-state index in [9.17, 15) is 32.8 Å². The number of primary amides is 1. The fourth-order valence-electron chi connectivity index (χ4n) is 8.02. The van der Waals surface area contributed by atoms with Crippen LogP contribution >= 0.6 is 0 Å². The van der Waals surface area contributed by atoms with Gasteiger partial charge in [-0.25, -0.2) is 13.6 Å². The third-order valence-electron chi connectivity index (χ3n) is 10.8. The summed E-state index contributed by atoms with van der Waals surface area (Å²) >= 11 is 0. The first-order chi connectivity index (χ1) is 25.4. The van der Waals surface area contributed by atoms with Gasteiger partial charge in [-0.1, -0.05) is 54.1 Å². The van der Waals surface area contributed by atoms with Crippen LogP contribution in [0.5, 0.6) is 5.75 Å². The zero-order valence-electron chi connectivity index (χ0n) is 29.5. The molecule has 2 unspecified atom stereocenters. The molecule has 2 bridgehead atoms. The molecule has 4 N–H and O–H groups in total. The molecule has 0 spiro atoms. The van der Waals surface area contributed by atoms with Crippen LogP contribution in [0.4, 0.5) is 13.2 Å². The number of hydrogen-bond acceptors (Lipinski definition) is 8. The van der Waals surface area contributed by atoms with Crippen molar-refractivity contribution in [2.75, 3.05) is 26.2 Å². The van der Waals surface area contributed by atoms with Gasteiger partial charge >= 0.3 is 5.97 Å². The maximum atomic E-state index is 14.0. The molecule has 4 aliphatic rings. The van der Waals surface area contributed by atoms with Crippen LogP contribution < -0.4 is 15.8 Å². The summed E-state index contributed by atoms with van der Waals surface area (Å²) in [7, 11) is 0. The van der Waals surface area contributed by atoms with Gasteiger partial charge in [-0.05, 0) is 86.3 Å². The normalized spacial score (nSPS) is 23.5. The first-order valence-electron chi connectivity index (χ1n) is 18.1. The minimum Gasteiger partial charge on any atom is -0.488 e. The number of carbonyl (C=O) groups excluding carboxylic acids is 3. The van der Waals surface area contributed by atoms with Crippen molar-refractivity contribution in [3.05, 3.63) is 106 Å². The van der Waals surface area contributed by atoms with E-state index in [1.54, 1.807) is 4.90 Å². The van der Waals surface area contributed by atoms with Gasteiger partial charge in [-0.2, -0.15) is 9.45 Å². The quantitative estimate of drug-likeness (QED) is 0.135. The van der Waals surface area contributed by atoms with E-state index in [-0.39, 0.29) is 38.1 Å². The Kier molecular flexibility index (Phi) is 10.3. The van der Waals surface area contributed by atoms with Gasteiger partial charge in [0.15, 0.2) is 17.4 Å². The number of piperazine rings is 1. The van der Waals surface area contributed by atoms with E-state index >= 15 is 0 Å². The zero-order chi connectivity index (χ0) is 37.4. The monoisotopic (exact) mass is 732 g/mol. The van der Waals surface area contributed by atoms with E-state index < -0.39 is 58.6 Å². The summed E-state index contributed by atoms with van der Waals surface area (Å²) in [5.41, 5.74) is 9.46. The van der Waals surface area contributed by atoms with Crippen LogP contribution in [-0.4, -0.2) is 82.9 Å². The third kappa shape index (κ3) is 7.55. The van der Waals surface area contributed by atoms with Gasteiger partial charge in [0.1, 0.15) is 12.1 Å². The van der Waals surface area contributed by atoms with Crippen molar-refractivity contribution < 1.29 is 42.2 Å². The number of halogens is 3. The van der Waals surface area contributed by atoms with E-state index in [2.05, 4.69) is 5.32 Å². The molecule has 3 heterocycles. The van der Waals surface area contributed by atoms with Crippen LogP contribution in [0.3, 0.4) is 0 Å². The molecule has 0 aromatic heterocycles. The molecule has 3 aromatic rings. The average molecular weight is 733 g/mol. The first-order valence-corrected chi connectivity index (χ1v) is 18.1. The maximum Gasteiger partial charge on any atom is 0.336 e. The first kappa shape index (κ1) is 36.6. The topological polar surface area (TPSA) is 134 Å². The molecule has 1 aliphatic carbocycles. The Balaban J connectivity index is 1.21. The predicted octanol–water partition coefficient (Wildman–Crippen LogP) is 4.95. The highest BCUT2D eigenvalue weighted by molar-refractivity contribution is 6.01. The second kappa shape index (κ2) is 15.0. The molecule has 10 nitrogen and oxygen atoms in total. The lowest BCUT2D eigenvalue weighted by Crippen LogP contribution is -2.72. The number of rotatable bonds is 12. The molecule has 3 aliphatic heterocycles. The number of ether oxygens (including phenoxy) is 2. The van der Waals surface area contributed by atoms with Gasteiger partial charge in [0.2, 0.25) is 17.6 Å². The number of fused-ring (bicyclic) bond motifs is 2. The van der Waals surface area contributed by atoms with Crippen molar-refractivity contribution >= 4 is 23.4 Å². The van der Waals surface area contributed by atoms with E-state index in [0.717, 1.165) is 40.7 Å². The summed E-state index contributed by atoms with van der Waals surface area (Å²) in [6.45, 7) is 2.49. The lowest BCUT2D eigenvalue weighted by atomic mass is 9.67. The lowest BCUT2D eigenvalue weighted by Gasteiger charge is -2.54. The van der Waals surface area contributed by atoms with E-state index in [4.69, 9.17) is 15.2 Å². The summed E-state index contributed by atoms with van der Waals surface area (Å²) < 4.78 is 52.7. The lowest BCUT2D eigenvalue weighted by molar-refractivity contribution is -0.159. The SMILES string of the molecule is Cc1ccc(C(C(N)=O)[C@]23CC(c4ccc(CCCOc5c(F)ccc(F)c5F)cc4)=C(C(=O)OC4CC4)[C@@H](CN(C(=O)C4CCCN4O)C2)N3)cc1. The minimum atomic E-state index is -1.37. The molecular weight excluding hydrogens is 689 g/mol. The molecular formula is C40H43F3N4O6. The summed E-state index contributed by atoms with van der Waals surface area (Å²) in [4.78, 5) is 43.2. The Labute approximate surface area is 305 Å². The number of nitrogens with two attached hydrogens (primary N) is 1. The molecule has 280 valence electrons. The highest BCUT2D eigenvalue weighted by Crippen LogP contribution is 2.46. The second-order valence-electron chi connectivity index (χ2n) is 14.6. The van der Waals surface area contributed by atoms with Crippen LogP contribution in [0.1, 0.15) is 66.7 Å². The fourth-order valence-corrected chi connectivity index (χ4v) is 8.02. The molecule has 4 atom stereocenters. The smallest absolute Gasteiger partial charge is 0.336 e. The summed E-state index contributed by atoms with van der Waals surface area (Å²) in [6, 6.07) is 15.1. The number of esters is 1. The van der Waals surface area contributed by atoms with Gasteiger partial charge in [-0.15, -0.1) is 0 Å². The summed E-state index contributed by atoms with van der Waals surface area (Å²) in [5, 5.41) is 15.2. The van der Waals surface area contributed by atoms with Gasteiger partial charge in [-0.3, -0.25) is 14.9 Å². The number of carbonyl (C=O) groups is 3. The zero-order valence-corrected chi connectivity index (χ0v) is 29.5. The van der Waals surface area contributed by atoms with Crippen molar-refractivity contribution in [2.24, 2.45) is 5.73 Å². The highest BCUT2D eigenvalue weighted by Gasteiger charge is 2.55. The van der Waals surface area contributed by atoms with Gasteiger partial charge in [0.25, 0.3) is 0 Å². The van der Waals surface area contributed by atoms with Gasteiger partial charge in [0, 0.05) is 19.6 Å². The number of hydrogen-bond donors (Lipinski definition) is 3. The van der Waals surface area contributed by atoms with Crippen molar-refractivity contribution in [2.45, 2.75) is 81.5 Å². The average Bonchev–Trinajstić information content (AvgIpc) is 3.85. The largest absolute Gasteiger partial charge is 0.488 e. The van der Waals surface area contributed by atoms with E-state index in [1.807, 2.05) is 55.5 Å². The number of nitrogens with one attached hydrogen (secondary N) is 1. The van der Waals surface area contributed by atoms with Crippen LogP contribution in [0, 0.1) is 24.4 Å². The Hall–Kier alpha value is -4.72. The number of benzene rings is 3. The Morgan fingerprint density at radius 3 is 2.38 bits per heavy atom. The third-order valence-corrected chi connectivity index (χ3v) is 10.8. The van der Waals surface area contributed by atoms with E-state index in [0.29, 0.717) is 55.0 Å². The van der Waals surface area contributed by atoms with E-state index in [1.165, 1.54) is 0 Å². The van der Waals surface area contributed by atoms with Crippen molar-refractivity contribution in [3.63, 3.8) is 0 Å². The number of aryl methyl sites for hydroxylation is 2. The summed E-state index contributed by atoms with van der Waals surface area (Å²) in [6.07, 6.45) is 3.54. The summed E-state index contributed by atoms with van der Waals surface area (Å²) in [5.74, 6) is -6.54. The van der Waals surface area contributed by atoms with Crippen molar-refractivity contribution in [3.8, 4) is 5.75 Å². The predicted molar refractivity (Wildman–Crippen MR) is 188 cm³/mol. The molecule has 3 aromatic carbocycles. The van der Waals surface area contributed by atoms with Gasteiger partial charge in [0.05, 0.1) is 29.7 Å². The highest BCUT2D eigenvalue weighted by atomic mass is 19.2. The standard InChI is InChI=1S/C40H43F3N4O6/c1-23-6-10-26(11-7-23)34(37(44)48)40-20-28(25-12-8-24(9-13-25)4-3-19-52-36-30(42)17-16-29(41)35(36)43)33(39(50)53-27-14-15-27)31(45-40)21-46(22-40)38(49)32-5-2-18-47(32)51/h6-13,16-17,27,31-32,34,45,51H,2-5,14-15,18-22H2,1H3,(H2,44,48)/t31-,32?,34?,40+/m1/s1.